The first-order chi connectivity index (χ1) is 23.3. The summed E-state index contributed by atoms with van der Waals surface area (Å²) in [4.78, 5) is 33.3. The number of fused-ring (bicyclic) bond motifs is 1. The van der Waals surface area contributed by atoms with Crippen molar-refractivity contribution < 1.29 is 19.0 Å². The van der Waals surface area contributed by atoms with Crippen molar-refractivity contribution in [3.05, 3.63) is 113 Å². The Labute approximate surface area is 281 Å². The van der Waals surface area contributed by atoms with Gasteiger partial charge in [-0.15, -0.1) is 0 Å². The van der Waals surface area contributed by atoms with Gasteiger partial charge in [-0.25, -0.2) is 4.79 Å². The lowest BCUT2D eigenvalue weighted by atomic mass is 9.84. The summed E-state index contributed by atoms with van der Waals surface area (Å²) >= 11 is 0. The Balaban J connectivity index is 1.25. The van der Waals surface area contributed by atoms with Gasteiger partial charge in [0.05, 0.1) is 17.6 Å². The van der Waals surface area contributed by atoms with Crippen molar-refractivity contribution >= 4 is 22.7 Å². The van der Waals surface area contributed by atoms with E-state index in [9.17, 15) is 9.59 Å². The smallest absolute Gasteiger partial charge is 0.333 e. The van der Waals surface area contributed by atoms with Gasteiger partial charge in [0, 0.05) is 38.3 Å². The third-order valence-electron chi connectivity index (χ3n) is 9.00. The van der Waals surface area contributed by atoms with Gasteiger partial charge in [0.25, 0.3) is 0 Å². The first-order valence-electron chi connectivity index (χ1n) is 16.7. The van der Waals surface area contributed by atoms with Crippen molar-refractivity contribution in [3.63, 3.8) is 0 Å². The van der Waals surface area contributed by atoms with Crippen LogP contribution in [0, 0.1) is 17.8 Å². The summed E-state index contributed by atoms with van der Waals surface area (Å²) in [5.41, 5.74) is 4.97. The maximum absolute atomic E-state index is 13.8. The predicted molar refractivity (Wildman–Crippen MR) is 188 cm³/mol. The highest BCUT2D eigenvalue weighted by atomic mass is 16.5. The van der Waals surface area contributed by atoms with Gasteiger partial charge < -0.3 is 19.1 Å². The van der Waals surface area contributed by atoms with Gasteiger partial charge in [0.1, 0.15) is 18.9 Å². The molecule has 0 N–H and O–H groups in total. The van der Waals surface area contributed by atoms with Gasteiger partial charge in [-0.3, -0.25) is 13.9 Å². The summed E-state index contributed by atoms with van der Waals surface area (Å²) in [5.74, 6) is 1.56. The Hall–Kier alpha value is -5.05. The molecule has 0 spiro atoms. The zero-order valence-electron chi connectivity index (χ0n) is 28.2. The molecule has 2 atom stereocenters. The maximum Gasteiger partial charge on any atom is 0.333 e. The van der Waals surface area contributed by atoms with E-state index in [1.54, 1.807) is 22.2 Å². The fourth-order valence-corrected chi connectivity index (χ4v) is 6.25. The number of ether oxygens (including phenoxy) is 3. The largest absolute Gasteiger partial charge is 0.473 e. The average Bonchev–Trinajstić information content (AvgIpc) is 3.35. The number of aromatic nitrogens is 3. The molecule has 0 amide bonds. The van der Waals surface area contributed by atoms with Crippen LogP contribution < -0.4 is 20.1 Å². The van der Waals surface area contributed by atoms with Crippen molar-refractivity contribution in [2.45, 2.75) is 46.8 Å². The summed E-state index contributed by atoms with van der Waals surface area (Å²) in [6.45, 7) is 9.07. The fraction of sp³-hybridized carbons (Fsp3) is 0.359. The molecule has 1 aliphatic heterocycles. The molecule has 0 saturated carbocycles. The minimum absolute atomic E-state index is 0.107. The molecule has 1 saturated heterocycles. The van der Waals surface area contributed by atoms with E-state index in [2.05, 4.69) is 24.0 Å². The number of rotatable bonds is 12. The highest BCUT2D eigenvalue weighted by Gasteiger charge is 2.29. The second kappa shape index (κ2) is 14.8. The number of hydrogen-bond acceptors (Lipinski definition) is 7. The number of benzene rings is 3. The molecule has 3 heterocycles. The van der Waals surface area contributed by atoms with Crippen LogP contribution >= 0.6 is 0 Å². The third kappa shape index (κ3) is 7.56. The summed E-state index contributed by atoms with van der Waals surface area (Å²) in [6.07, 6.45) is 1.36. The van der Waals surface area contributed by atoms with Gasteiger partial charge >= 0.3 is 11.7 Å². The van der Waals surface area contributed by atoms with Crippen molar-refractivity contribution in [2.75, 3.05) is 24.6 Å². The van der Waals surface area contributed by atoms with E-state index in [-0.39, 0.29) is 24.2 Å². The van der Waals surface area contributed by atoms with E-state index in [4.69, 9.17) is 19.2 Å². The molecular formula is C39H44N4O5. The highest BCUT2D eigenvalue weighted by Crippen LogP contribution is 2.33. The van der Waals surface area contributed by atoms with Gasteiger partial charge in [0.2, 0.25) is 11.8 Å². The Morgan fingerprint density at radius 3 is 2.25 bits per heavy atom. The molecule has 2 aromatic heterocycles. The minimum Gasteiger partial charge on any atom is -0.473 e. The van der Waals surface area contributed by atoms with E-state index in [0.717, 1.165) is 47.4 Å². The third-order valence-corrected chi connectivity index (χ3v) is 9.00. The number of aryl methyl sites for hydroxylation is 1. The number of piperidine rings is 1. The molecule has 0 bridgehead atoms. The molecule has 0 unspecified atom stereocenters. The Morgan fingerprint density at radius 2 is 1.58 bits per heavy atom. The van der Waals surface area contributed by atoms with E-state index in [1.165, 1.54) is 0 Å². The SMILES string of the molecule is CC(C)COC(=O)C[C@H]1CCN(c2ccc3c(c2)n(C)c(=O)n3-c2ccc(OCc3ccccc3)nc2OCc2ccccc2)C[C@H]1C. The molecule has 250 valence electrons. The second-order valence-electron chi connectivity index (χ2n) is 13.1. The van der Waals surface area contributed by atoms with E-state index < -0.39 is 0 Å². The van der Waals surface area contributed by atoms with Crippen LogP contribution in [-0.2, 0) is 29.8 Å². The number of hydrogen-bond donors (Lipinski definition) is 0. The Kier molecular flexibility index (Phi) is 10.1. The number of esters is 1. The molecule has 9 nitrogen and oxygen atoms in total. The van der Waals surface area contributed by atoms with Crippen LogP contribution in [-0.4, -0.2) is 39.8 Å². The zero-order valence-corrected chi connectivity index (χ0v) is 28.2. The molecule has 0 aliphatic carbocycles. The average molecular weight is 649 g/mol. The van der Waals surface area contributed by atoms with E-state index in [1.807, 2.05) is 86.6 Å². The molecule has 6 rings (SSSR count). The van der Waals surface area contributed by atoms with Crippen molar-refractivity contribution in [1.29, 1.82) is 0 Å². The quantitative estimate of drug-likeness (QED) is 0.136. The molecule has 48 heavy (non-hydrogen) atoms. The van der Waals surface area contributed by atoms with Crippen LogP contribution in [0.1, 0.15) is 44.7 Å². The van der Waals surface area contributed by atoms with Crippen LogP contribution in [0.2, 0.25) is 0 Å². The summed E-state index contributed by atoms with van der Waals surface area (Å²) in [5, 5.41) is 0. The second-order valence-corrected chi connectivity index (χ2v) is 13.1. The van der Waals surface area contributed by atoms with E-state index in [0.29, 0.717) is 48.9 Å². The zero-order chi connectivity index (χ0) is 33.6. The standard InChI is InChI=1S/C39H44N4O5/c1-27(2)24-47-37(44)21-31-19-20-42(23-28(31)3)32-15-16-33-35(22-32)41(4)39(45)43(33)34-17-18-36(46-25-29-11-7-5-8-12-29)40-38(34)48-26-30-13-9-6-10-14-30/h5-18,22,27-28,31H,19-21,23-26H2,1-4H3/t28-,31-/m1/s1. The van der Waals surface area contributed by atoms with Gasteiger partial charge in [-0.2, -0.15) is 4.98 Å². The first-order valence-corrected chi connectivity index (χ1v) is 16.7. The molecule has 0 radical (unpaired) electrons. The number of imidazole rings is 1. The monoisotopic (exact) mass is 648 g/mol. The predicted octanol–water partition coefficient (Wildman–Crippen LogP) is 6.93. The normalized spacial score (nSPS) is 16.3. The number of carbonyl (C=O) groups is 1. The molecular weight excluding hydrogens is 604 g/mol. The number of pyridine rings is 1. The lowest BCUT2D eigenvalue weighted by Gasteiger charge is -2.38. The topological polar surface area (TPSA) is 87.8 Å². The molecule has 3 aromatic carbocycles. The Morgan fingerprint density at radius 1 is 0.896 bits per heavy atom. The number of carbonyl (C=O) groups excluding carboxylic acids is 1. The number of nitrogens with zero attached hydrogens (tertiary/aromatic N) is 4. The van der Waals surface area contributed by atoms with Gasteiger partial charge in [-0.1, -0.05) is 81.4 Å². The first kappa shape index (κ1) is 32.9. The summed E-state index contributed by atoms with van der Waals surface area (Å²) in [6, 6.07) is 29.5. The maximum atomic E-state index is 13.8. The van der Waals surface area contributed by atoms with Crippen LogP contribution in [0.25, 0.3) is 16.7 Å². The lowest BCUT2D eigenvalue weighted by molar-refractivity contribution is -0.146. The van der Waals surface area contributed by atoms with Gasteiger partial charge in [0.15, 0.2) is 0 Å². The fourth-order valence-electron chi connectivity index (χ4n) is 6.25. The Bertz CT molecular complexity index is 1900. The van der Waals surface area contributed by atoms with Crippen molar-refractivity contribution in [3.8, 4) is 17.4 Å². The lowest BCUT2D eigenvalue weighted by Crippen LogP contribution is -2.40. The molecule has 5 aromatic rings. The van der Waals surface area contributed by atoms with Gasteiger partial charge in [-0.05, 0) is 59.6 Å². The number of anilines is 1. The van der Waals surface area contributed by atoms with E-state index >= 15 is 0 Å². The molecule has 1 aliphatic rings. The van der Waals surface area contributed by atoms with Crippen molar-refractivity contribution in [2.24, 2.45) is 24.8 Å². The molecule has 9 heteroatoms. The van der Waals surface area contributed by atoms with Crippen molar-refractivity contribution in [1.82, 2.24) is 14.1 Å². The summed E-state index contributed by atoms with van der Waals surface area (Å²) in [7, 11) is 1.79. The molecule has 1 fully saturated rings. The van der Waals surface area contributed by atoms with Crippen LogP contribution in [0.3, 0.4) is 0 Å². The van der Waals surface area contributed by atoms with Crippen LogP contribution in [0.15, 0.2) is 95.8 Å². The summed E-state index contributed by atoms with van der Waals surface area (Å²) < 4.78 is 21.1. The van der Waals surface area contributed by atoms with Crippen LogP contribution in [0.5, 0.6) is 11.8 Å². The minimum atomic E-state index is -0.196. The van der Waals surface area contributed by atoms with Crippen LogP contribution in [0.4, 0.5) is 5.69 Å². The highest BCUT2D eigenvalue weighted by molar-refractivity contribution is 5.82.